The molecule has 1 rings (SSSR count). The van der Waals surface area contributed by atoms with Gasteiger partial charge in [0.15, 0.2) is 6.29 Å². The van der Waals surface area contributed by atoms with Crippen LogP contribution in [0.25, 0.3) is 0 Å². The van der Waals surface area contributed by atoms with Gasteiger partial charge < -0.3 is 25.2 Å². The molecule has 1 aliphatic heterocycles. The van der Waals surface area contributed by atoms with Crippen molar-refractivity contribution in [3.8, 4) is 0 Å². The highest BCUT2D eigenvalue weighted by atomic mass is 16.6. The minimum atomic E-state index is -1.44. The SMILES string of the molecule is CC(C)=C(O)[C@H]1O[C@@H](O)[C@H](O)[C@@H]1O. The van der Waals surface area contributed by atoms with E-state index in [2.05, 4.69) is 0 Å². The van der Waals surface area contributed by atoms with Crippen molar-refractivity contribution in [1.29, 1.82) is 0 Å². The minimum absolute atomic E-state index is 0.150. The summed E-state index contributed by atoms with van der Waals surface area (Å²) in [5.41, 5.74) is 0.574. The van der Waals surface area contributed by atoms with Crippen LogP contribution in [-0.4, -0.2) is 45.0 Å². The molecule has 1 fully saturated rings. The molecule has 13 heavy (non-hydrogen) atoms. The first-order valence-electron chi connectivity index (χ1n) is 4.01. The molecule has 4 N–H and O–H groups in total. The zero-order valence-electron chi connectivity index (χ0n) is 7.51. The average Bonchev–Trinajstić information content (AvgIpc) is 2.31. The molecule has 1 aliphatic rings. The van der Waals surface area contributed by atoms with Gasteiger partial charge in [0.05, 0.1) is 0 Å². The third-order valence-corrected chi connectivity index (χ3v) is 2.02. The Hall–Kier alpha value is -0.620. The first-order chi connectivity index (χ1) is 5.95. The quantitative estimate of drug-likeness (QED) is 0.409. The Morgan fingerprint density at radius 1 is 1.08 bits per heavy atom. The fraction of sp³-hybridized carbons (Fsp3) is 0.750. The summed E-state index contributed by atoms with van der Waals surface area (Å²) in [6.45, 7) is 3.28. The summed E-state index contributed by atoms with van der Waals surface area (Å²) < 4.78 is 4.76. The summed E-state index contributed by atoms with van der Waals surface area (Å²) in [6, 6.07) is 0. The molecule has 76 valence electrons. The molecule has 0 spiro atoms. The van der Waals surface area contributed by atoms with Crippen LogP contribution in [0, 0.1) is 0 Å². The number of aliphatic hydroxyl groups is 4. The van der Waals surface area contributed by atoms with E-state index < -0.39 is 24.6 Å². The van der Waals surface area contributed by atoms with E-state index in [0.29, 0.717) is 5.57 Å². The Morgan fingerprint density at radius 3 is 1.92 bits per heavy atom. The van der Waals surface area contributed by atoms with Crippen LogP contribution in [0.5, 0.6) is 0 Å². The van der Waals surface area contributed by atoms with Gasteiger partial charge in [-0.2, -0.15) is 0 Å². The maximum atomic E-state index is 9.40. The van der Waals surface area contributed by atoms with E-state index in [-0.39, 0.29) is 5.76 Å². The second-order valence-electron chi connectivity index (χ2n) is 3.31. The van der Waals surface area contributed by atoms with Crippen molar-refractivity contribution in [3.05, 3.63) is 11.3 Å². The zero-order chi connectivity index (χ0) is 10.2. The van der Waals surface area contributed by atoms with Crippen LogP contribution in [0.15, 0.2) is 11.3 Å². The van der Waals surface area contributed by atoms with Gasteiger partial charge in [-0.3, -0.25) is 0 Å². The summed E-state index contributed by atoms with van der Waals surface area (Å²) in [5, 5.41) is 36.8. The molecular weight excluding hydrogens is 176 g/mol. The van der Waals surface area contributed by atoms with Crippen LogP contribution in [0.2, 0.25) is 0 Å². The normalized spacial score (nSPS) is 39.2. The number of hydrogen-bond donors (Lipinski definition) is 4. The number of aliphatic hydroxyl groups excluding tert-OH is 4. The molecular formula is C8H14O5. The number of hydrogen-bond acceptors (Lipinski definition) is 5. The number of ether oxygens (including phenoxy) is 1. The predicted octanol–water partition coefficient (Wildman–Crippen LogP) is -0.723. The van der Waals surface area contributed by atoms with E-state index in [4.69, 9.17) is 14.9 Å². The molecule has 5 nitrogen and oxygen atoms in total. The predicted molar refractivity (Wildman–Crippen MR) is 43.9 cm³/mol. The molecule has 0 aromatic carbocycles. The Morgan fingerprint density at radius 2 is 1.62 bits per heavy atom. The fourth-order valence-electron chi connectivity index (χ4n) is 1.17. The Bertz CT molecular complexity index is 221. The Labute approximate surface area is 75.9 Å². The van der Waals surface area contributed by atoms with Crippen LogP contribution in [-0.2, 0) is 4.74 Å². The van der Waals surface area contributed by atoms with Crippen molar-refractivity contribution in [1.82, 2.24) is 0 Å². The highest BCUT2D eigenvalue weighted by Crippen LogP contribution is 2.25. The van der Waals surface area contributed by atoms with Crippen LogP contribution in [0.4, 0.5) is 0 Å². The standard InChI is InChI=1S/C8H14O5/c1-3(2)4(9)7-5(10)6(11)8(12)13-7/h5-12H,1-2H3/t5-,6+,7+,8+/m0/s1. The van der Waals surface area contributed by atoms with Gasteiger partial charge in [-0.25, -0.2) is 0 Å². The molecule has 0 amide bonds. The molecule has 0 aromatic heterocycles. The van der Waals surface area contributed by atoms with Crippen LogP contribution in [0.3, 0.4) is 0 Å². The van der Waals surface area contributed by atoms with Gasteiger partial charge in [0.25, 0.3) is 0 Å². The summed E-state index contributed by atoms with van der Waals surface area (Å²) >= 11 is 0. The van der Waals surface area contributed by atoms with E-state index in [9.17, 15) is 10.2 Å². The van der Waals surface area contributed by atoms with Crippen LogP contribution < -0.4 is 0 Å². The van der Waals surface area contributed by atoms with Gasteiger partial charge in [0.2, 0.25) is 0 Å². The largest absolute Gasteiger partial charge is 0.510 e. The molecule has 5 heteroatoms. The fourth-order valence-corrected chi connectivity index (χ4v) is 1.17. The van der Waals surface area contributed by atoms with Gasteiger partial charge in [-0.05, 0) is 19.4 Å². The van der Waals surface area contributed by atoms with Crippen molar-refractivity contribution in [2.75, 3.05) is 0 Å². The second kappa shape index (κ2) is 3.63. The lowest BCUT2D eigenvalue weighted by molar-refractivity contribution is -0.125. The van der Waals surface area contributed by atoms with Gasteiger partial charge >= 0.3 is 0 Å². The van der Waals surface area contributed by atoms with Crippen molar-refractivity contribution >= 4 is 0 Å². The summed E-state index contributed by atoms with van der Waals surface area (Å²) in [4.78, 5) is 0. The number of rotatable bonds is 1. The Kier molecular flexibility index (Phi) is 2.92. The highest BCUT2D eigenvalue weighted by molar-refractivity contribution is 5.11. The van der Waals surface area contributed by atoms with E-state index in [1.54, 1.807) is 13.8 Å². The van der Waals surface area contributed by atoms with Crippen LogP contribution in [0.1, 0.15) is 13.8 Å². The summed E-state index contributed by atoms with van der Waals surface area (Å²) in [5.74, 6) is -0.150. The van der Waals surface area contributed by atoms with Crippen molar-refractivity contribution in [3.63, 3.8) is 0 Å². The molecule has 0 aromatic rings. The third kappa shape index (κ3) is 1.83. The zero-order valence-corrected chi connectivity index (χ0v) is 7.51. The lowest BCUT2D eigenvalue weighted by Gasteiger charge is -2.14. The Balaban J connectivity index is 2.80. The van der Waals surface area contributed by atoms with E-state index >= 15 is 0 Å². The van der Waals surface area contributed by atoms with Gasteiger partial charge in [-0.15, -0.1) is 0 Å². The maximum Gasteiger partial charge on any atom is 0.184 e. The van der Waals surface area contributed by atoms with Gasteiger partial charge in [0.1, 0.15) is 24.1 Å². The average molecular weight is 190 g/mol. The maximum absolute atomic E-state index is 9.40. The molecule has 0 aliphatic carbocycles. The molecule has 1 saturated heterocycles. The van der Waals surface area contributed by atoms with Crippen LogP contribution >= 0.6 is 0 Å². The lowest BCUT2D eigenvalue weighted by Crippen LogP contribution is -2.33. The monoisotopic (exact) mass is 190 g/mol. The first kappa shape index (κ1) is 10.5. The third-order valence-electron chi connectivity index (χ3n) is 2.02. The lowest BCUT2D eigenvalue weighted by atomic mass is 10.1. The van der Waals surface area contributed by atoms with E-state index in [0.717, 1.165) is 0 Å². The smallest absolute Gasteiger partial charge is 0.184 e. The van der Waals surface area contributed by atoms with E-state index in [1.807, 2.05) is 0 Å². The van der Waals surface area contributed by atoms with Gasteiger partial charge in [-0.1, -0.05) is 0 Å². The molecule has 0 saturated carbocycles. The van der Waals surface area contributed by atoms with Crippen molar-refractivity contribution in [2.24, 2.45) is 0 Å². The molecule has 0 bridgehead atoms. The summed E-state index contributed by atoms with van der Waals surface area (Å²) in [7, 11) is 0. The van der Waals surface area contributed by atoms with Crippen molar-refractivity contribution < 1.29 is 25.2 Å². The second-order valence-corrected chi connectivity index (χ2v) is 3.31. The molecule has 0 unspecified atom stereocenters. The van der Waals surface area contributed by atoms with Gasteiger partial charge in [0, 0.05) is 0 Å². The molecule has 0 radical (unpaired) electrons. The molecule has 1 heterocycles. The summed E-state index contributed by atoms with van der Waals surface area (Å²) in [6.07, 6.45) is -5.13. The van der Waals surface area contributed by atoms with E-state index in [1.165, 1.54) is 0 Å². The minimum Gasteiger partial charge on any atom is -0.510 e. The number of allylic oxidation sites excluding steroid dienone is 1. The topological polar surface area (TPSA) is 90.2 Å². The highest BCUT2D eigenvalue weighted by Gasteiger charge is 2.44. The van der Waals surface area contributed by atoms with Crippen molar-refractivity contribution in [2.45, 2.75) is 38.4 Å². The first-order valence-corrected chi connectivity index (χ1v) is 4.01. The molecule has 4 atom stereocenters.